The second-order valence-corrected chi connectivity index (χ2v) is 7.36. The van der Waals surface area contributed by atoms with Crippen molar-refractivity contribution in [2.45, 2.75) is 32.7 Å². The first-order valence-electron chi connectivity index (χ1n) is 10.2. The van der Waals surface area contributed by atoms with Crippen LogP contribution < -0.4 is 21.7 Å². The van der Waals surface area contributed by atoms with E-state index in [2.05, 4.69) is 65.3 Å². The Morgan fingerprint density at radius 2 is 2.00 bits per heavy atom. The van der Waals surface area contributed by atoms with Gasteiger partial charge in [-0.25, -0.2) is 0 Å². The van der Waals surface area contributed by atoms with Gasteiger partial charge in [-0.05, 0) is 54.7 Å². The van der Waals surface area contributed by atoms with Crippen molar-refractivity contribution in [3.63, 3.8) is 0 Å². The van der Waals surface area contributed by atoms with Gasteiger partial charge >= 0.3 is 0 Å². The first kappa shape index (κ1) is 20.5. The second-order valence-electron chi connectivity index (χ2n) is 7.36. The van der Waals surface area contributed by atoms with Crippen LogP contribution in [-0.2, 0) is 6.42 Å². The summed E-state index contributed by atoms with van der Waals surface area (Å²) in [7, 11) is 1.85. The maximum atomic E-state index is 7.77. The minimum atomic E-state index is 0.142. The number of hydrogen-bond acceptors (Lipinski definition) is 5. The third-order valence-electron chi connectivity index (χ3n) is 5.32. The van der Waals surface area contributed by atoms with Crippen molar-refractivity contribution < 1.29 is 0 Å². The van der Waals surface area contributed by atoms with Crippen molar-refractivity contribution in [2.75, 3.05) is 18.9 Å². The van der Waals surface area contributed by atoms with Gasteiger partial charge in [-0.3, -0.25) is 0 Å². The lowest BCUT2D eigenvalue weighted by Gasteiger charge is -2.22. The molecule has 2 aromatic rings. The van der Waals surface area contributed by atoms with E-state index in [1.165, 1.54) is 17.3 Å². The lowest BCUT2D eigenvalue weighted by atomic mass is 9.92. The molecule has 1 heterocycles. The number of allylic oxidation sites excluding steroid dienone is 2. The number of hydrogen-bond donors (Lipinski definition) is 5. The molecule has 0 fully saturated rings. The van der Waals surface area contributed by atoms with E-state index in [1.807, 2.05) is 20.2 Å². The zero-order valence-corrected chi connectivity index (χ0v) is 17.5. The van der Waals surface area contributed by atoms with Crippen LogP contribution in [0, 0.1) is 5.41 Å². The molecule has 0 saturated heterocycles. The zero-order chi connectivity index (χ0) is 20.8. The van der Waals surface area contributed by atoms with Crippen LogP contribution in [0.5, 0.6) is 0 Å². The second kappa shape index (κ2) is 9.32. The quantitative estimate of drug-likeness (QED) is 0.478. The summed E-state index contributed by atoms with van der Waals surface area (Å²) in [6, 6.07) is 15.1. The molecule has 0 saturated carbocycles. The Balaban J connectivity index is 2.06. The van der Waals surface area contributed by atoms with Gasteiger partial charge in [0, 0.05) is 48.5 Å². The molecular weight excluding hydrogens is 358 g/mol. The summed E-state index contributed by atoms with van der Waals surface area (Å²) in [5.74, 6) is 0. The van der Waals surface area contributed by atoms with Gasteiger partial charge in [-0.2, -0.15) is 0 Å². The molecule has 2 aromatic carbocycles. The van der Waals surface area contributed by atoms with Crippen molar-refractivity contribution in [3.8, 4) is 0 Å². The van der Waals surface area contributed by atoms with Crippen LogP contribution in [0.25, 0.3) is 11.3 Å². The molecule has 152 valence electrons. The van der Waals surface area contributed by atoms with Gasteiger partial charge in [0.2, 0.25) is 0 Å². The minimum Gasteiger partial charge on any atom is -0.401 e. The van der Waals surface area contributed by atoms with Crippen LogP contribution in [0.15, 0.2) is 54.4 Å². The van der Waals surface area contributed by atoms with E-state index in [-0.39, 0.29) is 6.04 Å². The lowest BCUT2D eigenvalue weighted by Crippen LogP contribution is -2.16. The SMILES string of the molecule is CCc1ccc(NC2CCN/C(=C(/C)N)c3ccc(/C(C=N)=C/NC)cc32)cc1. The van der Waals surface area contributed by atoms with Crippen LogP contribution >= 0.6 is 0 Å². The molecule has 1 unspecified atom stereocenters. The molecule has 0 aliphatic carbocycles. The fourth-order valence-electron chi connectivity index (χ4n) is 3.75. The standard InChI is InChI=1S/C24H31N5/c1-4-17-5-8-20(9-6-17)29-23-11-12-28-24(16(2)26)21-10-7-18(13-22(21)23)19(14-25)15-27-3/h5-10,13-15,23,25,27-29H,4,11-12,26H2,1-3H3/b19-15+,24-16-,25-14?. The highest BCUT2D eigenvalue weighted by molar-refractivity contribution is 6.08. The van der Waals surface area contributed by atoms with Gasteiger partial charge in [0.1, 0.15) is 0 Å². The number of rotatable bonds is 6. The maximum Gasteiger partial charge on any atom is 0.0605 e. The molecule has 0 spiro atoms. The third-order valence-corrected chi connectivity index (χ3v) is 5.32. The largest absolute Gasteiger partial charge is 0.401 e. The number of fused-ring (bicyclic) bond motifs is 1. The third kappa shape index (κ3) is 4.62. The summed E-state index contributed by atoms with van der Waals surface area (Å²) in [6.45, 7) is 4.93. The number of nitrogens with one attached hydrogen (secondary N) is 4. The monoisotopic (exact) mass is 389 g/mol. The van der Waals surface area contributed by atoms with Crippen LogP contribution in [0.3, 0.4) is 0 Å². The van der Waals surface area contributed by atoms with Crippen LogP contribution in [-0.4, -0.2) is 19.8 Å². The lowest BCUT2D eigenvalue weighted by molar-refractivity contribution is 0.682. The average molecular weight is 390 g/mol. The molecule has 29 heavy (non-hydrogen) atoms. The Hall–Kier alpha value is -3.21. The van der Waals surface area contributed by atoms with Crippen molar-refractivity contribution in [3.05, 3.63) is 76.6 Å². The molecule has 0 amide bonds. The summed E-state index contributed by atoms with van der Waals surface area (Å²) < 4.78 is 0. The number of nitrogens with two attached hydrogens (primary N) is 1. The summed E-state index contributed by atoms with van der Waals surface area (Å²) in [5.41, 5.74) is 14.6. The molecule has 0 aromatic heterocycles. The molecule has 0 radical (unpaired) electrons. The summed E-state index contributed by atoms with van der Waals surface area (Å²) in [5, 5.41) is 18.0. The van der Waals surface area contributed by atoms with Gasteiger partial charge in [0.25, 0.3) is 0 Å². The van der Waals surface area contributed by atoms with Gasteiger partial charge in [-0.15, -0.1) is 0 Å². The maximum absolute atomic E-state index is 7.77. The first-order valence-corrected chi connectivity index (χ1v) is 10.2. The van der Waals surface area contributed by atoms with Crippen molar-refractivity contribution >= 4 is 23.2 Å². The van der Waals surface area contributed by atoms with E-state index in [0.717, 1.165) is 53.2 Å². The molecule has 0 bridgehead atoms. The average Bonchev–Trinajstić information content (AvgIpc) is 2.92. The Bertz CT molecular complexity index is 921. The predicted molar refractivity (Wildman–Crippen MR) is 124 cm³/mol. The highest BCUT2D eigenvalue weighted by atomic mass is 15.0. The molecular formula is C24H31N5. The molecule has 1 aliphatic rings. The Labute approximate surface area is 173 Å². The van der Waals surface area contributed by atoms with Gasteiger partial charge < -0.3 is 27.1 Å². The van der Waals surface area contributed by atoms with E-state index >= 15 is 0 Å². The predicted octanol–water partition coefficient (Wildman–Crippen LogP) is 4.25. The van der Waals surface area contributed by atoms with Crippen LogP contribution in [0.4, 0.5) is 5.69 Å². The topological polar surface area (TPSA) is 86.0 Å². The molecule has 3 rings (SSSR count). The Kier molecular flexibility index (Phi) is 6.60. The normalized spacial score (nSPS) is 18.2. The minimum absolute atomic E-state index is 0.142. The Morgan fingerprint density at radius 3 is 2.62 bits per heavy atom. The number of anilines is 1. The first-order chi connectivity index (χ1) is 14.1. The van der Waals surface area contributed by atoms with E-state index in [9.17, 15) is 0 Å². The molecule has 6 N–H and O–H groups in total. The number of benzene rings is 2. The number of aryl methyl sites for hydroxylation is 1. The van der Waals surface area contributed by atoms with Gasteiger partial charge in [0.05, 0.1) is 11.7 Å². The van der Waals surface area contributed by atoms with Crippen LogP contribution in [0.1, 0.15) is 48.6 Å². The smallest absolute Gasteiger partial charge is 0.0605 e. The summed E-state index contributed by atoms with van der Waals surface area (Å²) in [6.07, 6.45) is 5.19. The van der Waals surface area contributed by atoms with Gasteiger partial charge in [-0.1, -0.05) is 31.2 Å². The van der Waals surface area contributed by atoms with E-state index in [1.54, 1.807) is 0 Å². The fourth-order valence-corrected chi connectivity index (χ4v) is 3.75. The van der Waals surface area contributed by atoms with Crippen molar-refractivity contribution in [1.29, 1.82) is 5.41 Å². The van der Waals surface area contributed by atoms with E-state index in [4.69, 9.17) is 11.1 Å². The van der Waals surface area contributed by atoms with E-state index < -0.39 is 0 Å². The van der Waals surface area contributed by atoms with Crippen molar-refractivity contribution in [2.24, 2.45) is 5.73 Å². The fraction of sp³-hybridized carbons (Fsp3) is 0.292. The van der Waals surface area contributed by atoms with E-state index in [0.29, 0.717) is 0 Å². The highest BCUT2D eigenvalue weighted by Gasteiger charge is 2.23. The molecule has 1 aliphatic heterocycles. The molecule has 5 heteroatoms. The van der Waals surface area contributed by atoms with Crippen molar-refractivity contribution in [1.82, 2.24) is 10.6 Å². The highest BCUT2D eigenvalue weighted by Crippen LogP contribution is 2.34. The zero-order valence-electron chi connectivity index (χ0n) is 17.5. The van der Waals surface area contributed by atoms with Crippen LogP contribution in [0.2, 0.25) is 0 Å². The molecule has 1 atom stereocenters. The Morgan fingerprint density at radius 1 is 1.24 bits per heavy atom. The molecule has 5 nitrogen and oxygen atoms in total. The van der Waals surface area contributed by atoms with Gasteiger partial charge in [0.15, 0.2) is 0 Å². The summed E-state index contributed by atoms with van der Waals surface area (Å²) >= 11 is 0. The summed E-state index contributed by atoms with van der Waals surface area (Å²) in [4.78, 5) is 0.